The normalized spacial score (nSPS) is 16.3. The maximum absolute atomic E-state index is 13.3. The van der Waals surface area contributed by atoms with Crippen molar-refractivity contribution >= 4 is 27.3 Å². The average molecular weight is 462 g/mol. The molecule has 2 aromatic heterocycles. The second kappa shape index (κ2) is 8.32. The predicted molar refractivity (Wildman–Crippen MR) is 124 cm³/mol. The third-order valence-corrected chi connectivity index (χ3v) is 7.83. The smallest absolute Gasteiger partial charge is 0.264 e. The van der Waals surface area contributed by atoms with Crippen molar-refractivity contribution < 1.29 is 13.2 Å². The molecule has 33 heavy (non-hydrogen) atoms. The quantitative estimate of drug-likeness (QED) is 0.454. The largest absolute Gasteiger partial charge is 0.328 e. The second-order valence-electron chi connectivity index (χ2n) is 7.98. The summed E-state index contributed by atoms with van der Waals surface area (Å²) in [7, 11) is -2.22. The Morgan fingerprint density at radius 1 is 0.970 bits per heavy atom. The fraction of sp³-hybridized carbons (Fsp3) is 0.208. The SMILES string of the molecule is CN(c1ccccc1)S(=O)(=O)c1ccc(C(=O)N2CCCC2c2nnc3ccccn23)cc1. The molecule has 1 fully saturated rings. The van der Waals surface area contributed by atoms with Crippen LogP contribution in [0.25, 0.3) is 5.65 Å². The van der Waals surface area contributed by atoms with Gasteiger partial charge < -0.3 is 4.90 Å². The van der Waals surface area contributed by atoms with E-state index < -0.39 is 10.0 Å². The van der Waals surface area contributed by atoms with Crippen LogP contribution in [0.4, 0.5) is 5.69 Å². The maximum Gasteiger partial charge on any atom is 0.264 e. The molecule has 1 saturated heterocycles. The number of nitrogens with zero attached hydrogens (tertiary/aromatic N) is 5. The Bertz CT molecular complexity index is 1400. The van der Waals surface area contributed by atoms with Crippen molar-refractivity contribution in [3.63, 3.8) is 0 Å². The lowest BCUT2D eigenvalue weighted by molar-refractivity contribution is 0.0729. The van der Waals surface area contributed by atoms with E-state index in [0.717, 1.165) is 24.3 Å². The Hall–Kier alpha value is -3.72. The Balaban J connectivity index is 1.39. The van der Waals surface area contributed by atoms with Crippen LogP contribution in [-0.2, 0) is 10.0 Å². The Morgan fingerprint density at radius 3 is 2.45 bits per heavy atom. The molecule has 3 heterocycles. The molecule has 0 spiro atoms. The van der Waals surface area contributed by atoms with E-state index in [1.165, 1.54) is 23.5 Å². The van der Waals surface area contributed by atoms with Gasteiger partial charge in [-0.15, -0.1) is 10.2 Å². The molecule has 0 saturated carbocycles. The summed E-state index contributed by atoms with van der Waals surface area (Å²) >= 11 is 0. The molecule has 1 amide bonds. The number of rotatable bonds is 5. The number of hydrogen-bond acceptors (Lipinski definition) is 5. The lowest BCUT2D eigenvalue weighted by Gasteiger charge is -2.24. The van der Waals surface area contributed by atoms with Crippen LogP contribution >= 0.6 is 0 Å². The highest BCUT2D eigenvalue weighted by atomic mass is 32.2. The molecule has 1 aliphatic rings. The monoisotopic (exact) mass is 461 g/mol. The van der Waals surface area contributed by atoms with E-state index >= 15 is 0 Å². The fourth-order valence-electron chi connectivity index (χ4n) is 4.24. The average Bonchev–Trinajstić information content (AvgIpc) is 3.50. The van der Waals surface area contributed by atoms with Crippen LogP contribution in [0.2, 0.25) is 0 Å². The van der Waals surface area contributed by atoms with E-state index in [9.17, 15) is 13.2 Å². The van der Waals surface area contributed by atoms with Gasteiger partial charge in [0.25, 0.3) is 15.9 Å². The molecule has 8 nitrogen and oxygen atoms in total. The van der Waals surface area contributed by atoms with Crippen LogP contribution in [0, 0.1) is 0 Å². The highest BCUT2D eigenvalue weighted by Crippen LogP contribution is 2.32. The molecule has 5 rings (SSSR count). The van der Waals surface area contributed by atoms with Gasteiger partial charge in [0, 0.05) is 25.4 Å². The Kier molecular flexibility index (Phi) is 5.33. The van der Waals surface area contributed by atoms with E-state index in [4.69, 9.17) is 0 Å². The van der Waals surface area contributed by atoms with Crippen molar-refractivity contribution in [2.24, 2.45) is 0 Å². The molecule has 1 aliphatic heterocycles. The molecule has 1 unspecified atom stereocenters. The van der Waals surface area contributed by atoms with Crippen LogP contribution in [-0.4, -0.2) is 47.4 Å². The second-order valence-corrected chi connectivity index (χ2v) is 9.95. The van der Waals surface area contributed by atoms with Gasteiger partial charge in [0.1, 0.15) is 0 Å². The Morgan fingerprint density at radius 2 is 1.70 bits per heavy atom. The topological polar surface area (TPSA) is 87.9 Å². The molecular weight excluding hydrogens is 438 g/mol. The van der Waals surface area contributed by atoms with Crippen LogP contribution in [0.5, 0.6) is 0 Å². The van der Waals surface area contributed by atoms with Crippen molar-refractivity contribution in [1.29, 1.82) is 0 Å². The van der Waals surface area contributed by atoms with Crippen molar-refractivity contribution in [3.8, 4) is 0 Å². The standard InChI is InChI=1S/C24H23N5O3S/c1-27(19-8-3-2-4-9-19)33(31,32)20-14-12-18(13-15-20)24(30)28-17-7-10-21(28)23-26-25-22-11-5-6-16-29(22)23/h2-6,8-9,11-16,21H,7,10,17H2,1H3. The fourth-order valence-corrected chi connectivity index (χ4v) is 5.43. The van der Waals surface area contributed by atoms with Gasteiger partial charge in [-0.25, -0.2) is 8.42 Å². The van der Waals surface area contributed by atoms with Gasteiger partial charge in [-0.1, -0.05) is 24.3 Å². The highest BCUT2D eigenvalue weighted by Gasteiger charge is 2.34. The number of benzene rings is 2. The predicted octanol–water partition coefficient (Wildman–Crippen LogP) is 3.53. The number of sulfonamides is 1. The van der Waals surface area contributed by atoms with E-state index in [2.05, 4.69) is 10.2 Å². The number of carbonyl (C=O) groups is 1. The minimum absolute atomic E-state index is 0.131. The van der Waals surface area contributed by atoms with Crippen LogP contribution in [0.3, 0.4) is 0 Å². The number of hydrogen-bond donors (Lipinski definition) is 0. The molecule has 4 aromatic rings. The molecule has 9 heteroatoms. The first kappa shape index (κ1) is 21.1. The third kappa shape index (κ3) is 3.74. The molecule has 0 radical (unpaired) electrons. The van der Waals surface area contributed by atoms with Gasteiger partial charge in [0.05, 0.1) is 16.6 Å². The zero-order chi connectivity index (χ0) is 23.0. The van der Waals surface area contributed by atoms with Gasteiger partial charge in [0.15, 0.2) is 11.5 Å². The first-order valence-corrected chi connectivity index (χ1v) is 12.2. The molecule has 2 aromatic carbocycles. The third-order valence-electron chi connectivity index (χ3n) is 6.03. The summed E-state index contributed by atoms with van der Waals surface area (Å²) in [6, 6.07) is 20.5. The zero-order valence-electron chi connectivity index (χ0n) is 18.1. The summed E-state index contributed by atoms with van der Waals surface area (Å²) in [6.45, 7) is 0.613. The summed E-state index contributed by atoms with van der Waals surface area (Å²) in [5, 5.41) is 8.55. The van der Waals surface area contributed by atoms with Crippen LogP contribution < -0.4 is 4.31 Å². The number of amides is 1. The van der Waals surface area contributed by atoms with Crippen molar-refractivity contribution in [1.82, 2.24) is 19.5 Å². The summed E-state index contributed by atoms with van der Waals surface area (Å²) in [6.07, 6.45) is 3.57. The number of fused-ring (bicyclic) bond motifs is 1. The van der Waals surface area contributed by atoms with E-state index in [-0.39, 0.29) is 16.8 Å². The van der Waals surface area contributed by atoms with Crippen molar-refractivity contribution in [2.75, 3.05) is 17.9 Å². The van der Waals surface area contributed by atoms with Gasteiger partial charge in [0.2, 0.25) is 0 Å². The Labute approximate surface area is 192 Å². The lowest BCUT2D eigenvalue weighted by atomic mass is 10.1. The summed E-state index contributed by atoms with van der Waals surface area (Å²) in [4.78, 5) is 15.2. The van der Waals surface area contributed by atoms with Gasteiger partial charge in [-0.3, -0.25) is 13.5 Å². The number of carbonyl (C=O) groups excluding carboxylic acids is 1. The summed E-state index contributed by atoms with van der Waals surface area (Å²) in [5.41, 5.74) is 1.75. The minimum atomic E-state index is -3.74. The first-order valence-electron chi connectivity index (χ1n) is 10.7. The molecule has 1 atom stereocenters. The molecule has 0 N–H and O–H groups in total. The van der Waals surface area contributed by atoms with Crippen LogP contribution in [0.15, 0.2) is 83.9 Å². The van der Waals surface area contributed by atoms with Crippen molar-refractivity contribution in [3.05, 3.63) is 90.4 Å². The highest BCUT2D eigenvalue weighted by molar-refractivity contribution is 7.92. The number of anilines is 1. The summed E-state index contributed by atoms with van der Waals surface area (Å²) < 4.78 is 29.2. The van der Waals surface area contributed by atoms with Crippen LogP contribution in [0.1, 0.15) is 35.1 Å². The van der Waals surface area contributed by atoms with Gasteiger partial charge >= 0.3 is 0 Å². The summed E-state index contributed by atoms with van der Waals surface area (Å²) in [5.74, 6) is 0.589. The van der Waals surface area contributed by atoms with E-state index in [0.29, 0.717) is 17.8 Å². The van der Waals surface area contributed by atoms with Gasteiger partial charge in [-0.05, 0) is 61.4 Å². The molecule has 0 aliphatic carbocycles. The van der Waals surface area contributed by atoms with Crippen molar-refractivity contribution in [2.45, 2.75) is 23.8 Å². The number of likely N-dealkylation sites (tertiary alicyclic amines) is 1. The molecular formula is C24H23N5O3S. The van der Waals surface area contributed by atoms with E-state index in [1.807, 2.05) is 34.9 Å². The molecule has 168 valence electrons. The number of para-hydroxylation sites is 1. The van der Waals surface area contributed by atoms with Gasteiger partial charge in [-0.2, -0.15) is 0 Å². The van der Waals surface area contributed by atoms with E-state index in [1.54, 1.807) is 41.3 Å². The molecule has 0 bridgehead atoms. The number of aromatic nitrogens is 3. The minimum Gasteiger partial charge on any atom is -0.328 e. The zero-order valence-corrected chi connectivity index (χ0v) is 18.9. The lowest BCUT2D eigenvalue weighted by Crippen LogP contribution is -2.31. The first-order chi connectivity index (χ1) is 16.0. The maximum atomic E-state index is 13.3. The number of pyridine rings is 1.